The molecule has 144 valence electrons. The van der Waals surface area contributed by atoms with Crippen molar-refractivity contribution in [3.8, 4) is 5.75 Å². The minimum absolute atomic E-state index is 0.00380. The van der Waals surface area contributed by atoms with E-state index in [1.807, 2.05) is 25.1 Å². The summed E-state index contributed by atoms with van der Waals surface area (Å²) in [5, 5.41) is 14.2. The van der Waals surface area contributed by atoms with Crippen LogP contribution in [0.4, 0.5) is 4.39 Å². The molecule has 0 amide bonds. The van der Waals surface area contributed by atoms with E-state index < -0.39 is 6.23 Å². The van der Waals surface area contributed by atoms with Gasteiger partial charge in [-0.15, -0.1) is 0 Å². The predicted octanol–water partition coefficient (Wildman–Crippen LogP) is 3.44. The fourth-order valence-corrected chi connectivity index (χ4v) is 4.27. The van der Waals surface area contributed by atoms with Crippen molar-refractivity contribution < 1.29 is 14.2 Å². The lowest BCUT2D eigenvalue weighted by atomic mass is 9.93. The number of benzene rings is 2. The lowest BCUT2D eigenvalue weighted by Gasteiger charge is -2.41. The zero-order chi connectivity index (χ0) is 18.8. The number of fused-ring (bicyclic) bond motifs is 1. The zero-order valence-corrected chi connectivity index (χ0v) is 15.6. The highest BCUT2D eigenvalue weighted by Gasteiger charge is 2.37. The molecule has 2 aromatic carbocycles. The van der Waals surface area contributed by atoms with Gasteiger partial charge in [0.15, 0.2) is 0 Å². The van der Waals surface area contributed by atoms with Crippen LogP contribution in [0.25, 0.3) is 0 Å². The van der Waals surface area contributed by atoms with Gasteiger partial charge < -0.3 is 9.84 Å². The minimum atomic E-state index is -0.737. The Kier molecular flexibility index (Phi) is 5.43. The molecule has 4 rings (SSSR count). The molecule has 1 saturated heterocycles. The molecule has 27 heavy (non-hydrogen) atoms. The third-order valence-corrected chi connectivity index (χ3v) is 5.83. The number of aliphatic hydroxyl groups is 1. The Morgan fingerprint density at radius 3 is 2.56 bits per heavy atom. The fourth-order valence-electron chi connectivity index (χ4n) is 4.27. The molecule has 0 aromatic heterocycles. The van der Waals surface area contributed by atoms with Gasteiger partial charge in [-0.2, -0.15) is 0 Å². The van der Waals surface area contributed by atoms with Crippen molar-refractivity contribution in [2.75, 3.05) is 19.7 Å². The van der Waals surface area contributed by atoms with Crippen molar-refractivity contribution >= 4 is 0 Å². The number of nitrogens with one attached hydrogen (secondary N) is 1. The third kappa shape index (κ3) is 3.86. The van der Waals surface area contributed by atoms with Crippen LogP contribution < -0.4 is 10.1 Å². The topological polar surface area (TPSA) is 44.7 Å². The first-order chi connectivity index (χ1) is 13.1. The van der Waals surface area contributed by atoms with E-state index in [-0.39, 0.29) is 23.8 Å². The fraction of sp³-hybridized carbons (Fsp3) is 0.455. The van der Waals surface area contributed by atoms with Crippen LogP contribution in [-0.4, -0.2) is 42.0 Å². The van der Waals surface area contributed by atoms with Crippen molar-refractivity contribution in [2.45, 2.75) is 44.0 Å². The van der Waals surface area contributed by atoms with E-state index in [9.17, 15) is 9.50 Å². The van der Waals surface area contributed by atoms with Gasteiger partial charge in [0.05, 0.1) is 12.1 Å². The summed E-state index contributed by atoms with van der Waals surface area (Å²) in [6, 6.07) is 14.7. The number of aliphatic hydroxyl groups excluding tert-OH is 1. The SMILES string of the molecule is C[C@@H](c1ccc(F)cc1)C(O)NC1COc2ccccc2C1N1CCCC1. The van der Waals surface area contributed by atoms with Crippen LogP contribution in [0.5, 0.6) is 5.75 Å². The predicted molar refractivity (Wildman–Crippen MR) is 103 cm³/mol. The molecule has 2 aliphatic heterocycles. The van der Waals surface area contributed by atoms with Crippen LogP contribution in [0.15, 0.2) is 48.5 Å². The van der Waals surface area contributed by atoms with E-state index in [1.54, 1.807) is 12.1 Å². The van der Waals surface area contributed by atoms with Gasteiger partial charge in [-0.25, -0.2) is 4.39 Å². The average Bonchev–Trinajstić information content (AvgIpc) is 3.22. The summed E-state index contributed by atoms with van der Waals surface area (Å²) in [5.74, 6) is 0.523. The number of rotatable bonds is 5. The molecule has 5 heteroatoms. The van der Waals surface area contributed by atoms with Gasteiger partial charge >= 0.3 is 0 Å². The maximum atomic E-state index is 13.2. The Labute approximate surface area is 160 Å². The smallest absolute Gasteiger partial charge is 0.124 e. The standard InChI is InChI=1S/C22H27FN2O2/c1-15(16-8-10-17(23)11-9-16)22(26)24-19-14-27-20-7-3-2-6-18(20)21(19)25-12-4-5-13-25/h2-3,6-11,15,19,21-22,24,26H,4-5,12-14H2,1H3/t15-,19?,21?,22?/m0/s1. The molecule has 2 aromatic rings. The van der Waals surface area contributed by atoms with Crippen LogP contribution in [0.3, 0.4) is 0 Å². The van der Waals surface area contributed by atoms with E-state index >= 15 is 0 Å². The van der Waals surface area contributed by atoms with Crippen molar-refractivity contribution in [3.63, 3.8) is 0 Å². The highest BCUT2D eigenvalue weighted by molar-refractivity contribution is 5.39. The molecule has 3 unspecified atom stereocenters. The largest absolute Gasteiger partial charge is 0.492 e. The summed E-state index contributed by atoms with van der Waals surface area (Å²) in [6.07, 6.45) is 1.68. The van der Waals surface area contributed by atoms with E-state index in [1.165, 1.54) is 30.5 Å². The minimum Gasteiger partial charge on any atom is -0.492 e. The molecule has 2 aliphatic rings. The number of hydrogen-bond donors (Lipinski definition) is 2. The number of ether oxygens (including phenoxy) is 1. The second-order valence-electron chi connectivity index (χ2n) is 7.59. The lowest BCUT2D eigenvalue weighted by Crippen LogP contribution is -2.53. The van der Waals surface area contributed by atoms with Gasteiger partial charge in [0.2, 0.25) is 0 Å². The first-order valence-corrected chi connectivity index (χ1v) is 9.79. The van der Waals surface area contributed by atoms with Crippen LogP contribution >= 0.6 is 0 Å². The summed E-state index contributed by atoms with van der Waals surface area (Å²) in [7, 11) is 0. The summed E-state index contributed by atoms with van der Waals surface area (Å²) in [5.41, 5.74) is 2.09. The Balaban J connectivity index is 1.53. The van der Waals surface area contributed by atoms with Crippen LogP contribution in [0.2, 0.25) is 0 Å². The van der Waals surface area contributed by atoms with Gasteiger partial charge in [0.25, 0.3) is 0 Å². The van der Waals surface area contributed by atoms with Crippen molar-refractivity contribution in [1.29, 1.82) is 0 Å². The van der Waals surface area contributed by atoms with Crippen molar-refractivity contribution in [3.05, 3.63) is 65.5 Å². The second-order valence-corrected chi connectivity index (χ2v) is 7.59. The van der Waals surface area contributed by atoms with Crippen molar-refractivity contribution in [1.82, 2.24) is 10.2 Å². The van der Waals surface area contributed by atoms with Crippen molar-refractivity contribution in [2.24, 2.45) is 0 Å². The Morgan fingerprint density at radius 1 is 1.11 bits per heavy atom. The van der Waals surface area contributed by atoms with Gasteiger partial charge in [0.1, 0.15) is 24.4 Å². The zero-order valence-electron chi connectivity index (χ0n) is 15.6. The van der Waals surface area contributed by atoms with Crippen LogP contribution in [0.1, 0.15) is 42.9 Å². The van der Waals surface area contributed by atoms with Crippen LogP contribution in [0, 0.1) is 5.82 Å². The summed E-state index contributed by atoms with van der Waals surface area (Å²) in [4.78, 5) is 2.49. The van der Waals surface area contributed by atoms with E-state index in [4.69, 9.17) is 4.74 Å². The van der Waals surface area contributed by atoms with E-state index in [0.717, 1.165) is 24.4 Å². The molecule has 0 radical (unpaired) electrons. The molecular weight excluding hydrogens is 343 g/mol. The molecular formula is C22H27FN2O2. The summed E-state index contributed by atoms with van der Waals surface area (Å²) < 4.78 is 19.2. The molecule has 0 saturated carbocycles. The van der Waals surface area contributed by atoms with E-state index in [0.29, 0.717) is 6.61 Å². The first kappa shape index (κ1) is 18.4. The molecule has 1 fully saturated rings. The Bertz CT molecular complexity index is 761. The Hall–Kier alpha value is -1.95. The normalized spacial score (nSPS) is 24.9. The molecule has 2 heterocycles. The Morgan fingerprint density at radius 2 is 1.81 bits per heavy atom. The monoisotopic (exact) mass is 370 g/mol. The first-order valence-electron chi connectivity index (χ1n) is 9.79. The average molecular weight is 370 g/mol. The molecule has 0 spiro atoms. The van der Waals surface area contributed by atoms with Crippen LogP contribution in [-0.2, 0) is 0 Å². The molecule has 4 nitrogen and oxygen atoms in total. The van der Waals surface area contributed by atoms with Gasteiger partial charge in [0, 0.05) is 11.5 Å². The highest BCUT2D eigenvalue weighted by atomic mass is 19.1. The molecule has 0 aliphatic carbocycles. The highest BCUT2D eigenvalue weighted by Crippen LogP contribution is 2.38. The third-order valence-electron chi connectivity index (χ3n) is 5.83. The summed E-state index contributed by atoms with van der Waals surface area (Å²) >= 11 is 0. The second kappa shape index (κ2) is 7.97. The number of hydrogen-bond acceptors (Lipinski definition) is 4. The van der Waals surface area contributed by atoms with E-state index in [2.05, 4.69) is 16.3 Å². The number of nitrogens with zero attached hydrogens (tertiary/aromatic N) is 1. The van der Waals surface area contributed by atoms with Gasteiger partial charge in [-0.3, -0.25) is 10.2 Å². The maximum Gasteiger partial charge on any atom is 0.124 e. The molecule has 2 N–H and O–H groups in total. The quantitative estimate of drug-likeness (QED) is 0.792. The maximum absolute atomic E-state index is 13.2. The number of likely N-dealkylation sites (tertiary alicyclic amines) is 1. The number of para-hydroxylation sites is 1. The van der Waals surface area contributed by atoms with Gasteiger partial charge in [-0.05, 0) is 49.7 Å². The molecule has 0 bridgehead atoms. The van der Waals surface area contributed by atoms with Gasteiger partial charge in [-0.1, -0.05) is 37.3 Å². The summed E-state index contributed by atoms with van der Waals surface area (Å²) in [6.45, 7) is 4.61. The lowest BCUT2D eigenvalue weighted by molar-refractivity contribution is 0.0470. The molecule has 4 atom stereocenters. The number of halogens is 1.